The minimum absolute atomic E-state index is 0.901. The number of aromatic nitrogens is 2. The molecule has 0 aliphatic carbocycles. The Balaban J connectivity index is 1.23. The highest BCUT2D eigenvalue weighted by molar-refractivity contribution is 6.17. The maximum absolute atomic E-state index is 6.37. The van der Waals surface area contributed by atoms with Gasteiger partial charge in [0.2, 0.25) is 0 Å². The Hall–Kier alpha value is -6.06. The molecule has 0 amide bonds. The van der Waals surface area contributed by atoms with Crippen LogP contribution in [-0.4, -0.2) is 9.13 Å². The highest BCUT2D eigenvalue weighted by atomic mass is 16.3. The zero-order valence-electron chi connectivity index (χ0n) is 24.3. The quantitative estimate of drug-likeness (QED) is 0.206. The molecule has 3 heteroatoms. The van der Waals surface area contributed by atoms with E-state index in [1.54, 1.807) is 0 Å². The van der Waals surface area contributed by atoms with Gasteiger partial charge in [0.15, 0.2) is 0 Å². The van der Waals surface area contributed by atoms with Crippen molar-refractivity contribution < 1.29 is 4.42 Å². The van der Waals surface area contributed by atoms with E-state index in [9.17, 15) is 0 Å². The summed E-state index contributed by atoms with van der Waals surface area (Å²) in [5, 5.41) is 7.27. The van der Waals surface area contributed by atoms with E-state index in [1.165, 1.54) is 49.2 Å². The van der Waals surface area contributed by atoms with E-state index in [0.717, 1.165) is 38.8 Å². The number of benzene rings is 7. The van der Waals surface area contributed by atoms with E-state index in [4.69, 9.17) is 4.42 Å². The number of rotatable bonds is 3. The maximum atomic E-state index is 6.37. The van der Waals surface area contributed by atoms with Crippen LogP contribution in [0.3, 0.4) is 0 Å². The first-order valence-corrected chi connectivity index (χ1v) is 15.4. The number of fused-ring (bicyclic) bond motifs is 9. The van der Waals surface area contributed by atoms with Gasteiger partial charge in [-0.15, -0.1) is 0 Å². The number of furan rings is 1. The van der Waals surface area contributed by atoms with Gasteiger partial charge in [-0.05, 0) is 54.1 Å². The van der Waals surface area contributed by atoms with Gasteiger partial charge in [-0.3, -0.25) is 0 Å². The third-order valence-electron chi connectivity index (χ3n) is 9.31. The third kappa shape index (κ3) is 3.46. The lowest BCUT2D eigenvalue weighted by molar-refractivity contribution is 0.669. The van der Waals surface area contributed by atoms with Crippen molar-refractivity contribution in [1.82, 2.24) is 9.13 Å². The average Bonchev–Trinajstić information content (AvgIpc) is 3.74. The van der Waals surface area contributed by atoms with Crippen LogP contribution in [0.15, 0.2) is 162 Å². The van der Waals surface area contributed by atoms with E-state index in [0.29, 0.717) is 0 Å². The van der Waals surface area contributed by atoms with Gasteiger partial charge in [-0.25, -0.2) is 0 Å². The zero-order valence-corrected chi connectivity index (χ0v) is 24.3. The molecule has 0 aliphatic heterocycles. The first kappa shape index (κ1) is 24.4. The van der Waals surface area contributed by atoms with Crippen molar-refractivity contribution in [3.63, 3.8) is 0 Å². The summed E-state index contributed by atoms with van der Waals surface area (Å²) >= 11 is 0. The van der Waals surface area contributed by atoms with Gasteiger partial charge in [0, 0.05) is 49.6 Å². The van der Waals surface area contributed by atoms with Crippen molar-refractivity contribution in [3.05, 3.63) is 158 Å². The number of para-hydroxylation sites is 5. The second-order valence-corrected chi connectivity index (χ2v) is 11.8. The van der Waals surface area contributed by atoms with Gasteiger partial charge in [0.1, 0.15) is 11.2 Å². The summed E-state index contributed by atoms with van der Waals surface area (Å²) in [7, 11) is 0. The molecule has 0 fully saturated rings. The molecule has 3 nitrogen and oxygen atoms in total. The fourth-order valence-electron chi connectivity index (χ4n) is 7.37. The predicted molar refractivity (Wildman–Crippen MR) is 188 cm³/mol. The molecule has 0 radical (unpaired) electrons. The summed E-state index contributed by atoms with van der Waals surface area (Å²) in [6.45, 7) is 0. The van der Waals surface area contributed by atoms with Crippen molar-refractivity contribution in [2.24, 2.45) is 0 Å². The van der Waals surface area contributed by atoms with Crippen LogP contribution in [-0.2, 0) is 0 Å². The molecule has 0 atom stereocenters. The Morgan fingerprint density at radius 2 is 0.956 bits per heavy atom. The molecule has 3 heterocycles. The predicted octanol–water partition coefficient (Wildman–Crippen LogP) is 11.4. The summed E-state index contributed by atoms with van der Waals surface area (Å²) in [6.07, 6.45) is 0. The molecule has 7 aromatic carbocycles. The summed E-state index contributed by atoms with van der Waals surface area (Å²) in [4.78, 5) is 0. The summed E-state index contributed by atoms with van der Waals surface area (Å²) in [5.74, 6) is 0. The first-order chi connectivity index (χ1) is 22.3. The molecule has 210 valence electrons. The van der Waals surface area contributed by atoms with Gasteiger partial charge >= 0.3 is 0 Å². The SMILES string of the molecule is c1cc(-c2ccccc2-n2c3ccccc3c3cc4c(cc32)oc2ccccc24)cc(-n2c3ccccc3c3ccccc32)c1. The van der Waals surface area contributed by atoms with Crippen LogP contribution < -0.4 is 0 Å². The minimum Gasteiger partial charge on any atom is -0.456 e. The Kier molecular flexibility index (Phi) is 5.00. The van der Waals surface area contributed by atoms with Gasteiger partial charge in [-0.1, -0.05) is 103 Å². The van der Waals surface area contributed by atoms with Crippen molar-refractivity contribution in [2.75, 3.05) is 0 Å². The average molecular weight is 575 g/mol. The molecule has 0 bridgehead atoms. The highest BCUT2D eigenvalue weighted by Gasteiger charge is 2.19. The fraction of sp³-hybridized carbons (Fsp3) is 0. The normalized spacial score (nSPS) is 12.0. The van der Waals surface area contributed by atoms with Crippen LogP contribution in [0.4, 0.5) is 0 Å². The third-order valence-corrected chi connectivity index (χ3v) is 9.31. The van der Waals surface area contributed by atoms with Crippen molar-refractivity contribution in [2.45, 2.75) is 0 Å². The van der Waals surface area contributed by atoms with Crippen LogP contribution >= 0.6 is 0 Å². The second-order valence-electron chi connectivity index (χ2n) is 11.8. The van der Waals surface area contributed by atoms with Crippen LogP contribution in [0.1, 0.15) is 0 Å². The number of nitrogens with zero attached hydrogens (tertiary/aromatic N) is 2. The molecule has 0 N–H and O–H groups in total. The van der Waals surface area contributed by atoms with Gasteiger partial charge in [0.25, 0.3) is 0 Å². The van der Waals surface area contributed by atoms with Crippen molar-refractivity contribution in [3.8, 4) is 22.5 Å². The minimum atomic E-state index is 0.901. The molecule has 10 aromatic rings. The summed E-state index contributed by atoms with van der Waals surface area (Å²) in [6, 6.07) is 56.6. The standard InChI is InChI=1S/C42H26N2O/c1-6-19-36(44-39-22-9-4-17-32(39)34-25-35-33-18-5-10-23-41(33)45-42(35)26-40(34)44)29(14-1)27-12-11-13-28(24-27)43-37-20-7-2-15-30(37)31-16-3-8-21-38(31)43/h1-26H. The Morgan fingerprint density at radius 3 is 1.71 bits per heavy atom. The van der Waals surface area contributed by atoms with Crippen molar-refractivity contribution >= 4 is 65.6 Å². The molecule has 0 saturated heterocycles. The molecule has 0 saturated carbocycles. The van der Waals surface area contributed by atoms with Crippen LogP contribution in [0.25, 0.3) is 88.1 Å². The summed E-state index contributed by atoms with van der Waals surface area (Å²) < 4.78 is 11.2. The lowest BCUT2D eigenvalue weighted by Gasteiger charge is -2.15. The molecule has 45 heavy (non-hydrogen) atoms. The molecule has 3 aromatic heterocycles. The maximum Gasteiger partial charge on any atom is 0.137 e. The summed E-state index contributed by atoms with van der Waals surface area (Å²) in [5.41, 5.74) is 11.2. The molecule has 0 spiro atoms. The molecular weight excluding hydrogens is 548 g/mol. The van der Waals surface area contributed by atoms with E-state index < -0.39 is 0 Å². The molecule has 0 unspecified atom stereocenters. The van der Waals surface area contributed by atoms with Crippen LogP contribution in [0, 0.1) is 0 Å². The largest absolute Gasteiger partial charge is 0.456 e. The highest BCUT2D eigenvalue weighted by Crippen LogP contribution is 2.41. The smallest absolute Gasteiger partial charge is 0.137 e. The topological polar surface area (TPSA) is 23.0 Å². The van der Waals surface area contributed by atoms with Crippen LogP contribution in [0.5, 0.6) is 0 Å². The van der Waals surface area contributed by atoms with Gasteiger partial charge in [0.05, 0.1) is 27.8 Å². The van der Waals surface area contributed by atoms with Gasteiger partial charge < -0.3 is 13.6 Å². The van der Waals surface area contributed by atoms with E-state index in [1.807, 2.05) is 12.1 Å². The van der Waals surface area contributed by atoms with Gasteiger partial charge in [-0.2, -0.15) is 0 Å². The number of hydrogen-bond donors (Lipinski definition) is 0. The van der Waals surface area contributed by atoms with E-state index in [2.05, 4.69) is 155 Å². The Labute approximate surface area is 258 Å². The molecule has 10 rings (SSSR count). The van der Waals surface area contributed by atoms with E-state index in [-0.39, 0.29) is 0 Å². The second kappa shape index (κ2) is 9.22. The molecular formula is C42H26N2O. The lowest BCUT2D eigenvalue weighted by Crippen LogP contribution is -1.98. The Morgan fingerprint density at radius 1 is 0.356 bits per heavy atom. The first-order valence-electron chi connectivity index (χ1n) is 15.4. The lowest BCUT2D eigenvalue weighted by atomic mass is 10.0. The van der Waals surface area contributed by atoms with Crippen LogP contribution in [0.2, 0.25) is 0 Å². The van der Waals surface area contributed by atoms with E-state index >= 15 is 0 Å². The zero-order chi connectivity index (χ0) is 29.5. The number of hydrogen-bond acceptors (Lipinski definition) is 1. The molecule has 0 aliphatic rings. The fourth-order valence-corrected chi connectivity index (χ4v) is 7.37. The Bertz CT molecular complexity index is 2720. The van der Waals surface area contributed by atoms with Crippen molar-refractivity contribution in [1.29, 1.82) is 0 Å². The monoisotopic (exact) mass is 574 g/mol.